The Morgan fingerprint density at radius 3 is 2.42 bits per heavy atom. The first-order chi connectivity index (χ1) is 11.1. The highest BCUT2D eigenvalue weighted by Gasteiger charge is 2.46. The number of Topliss-reactive ketones (excluding diaryl/α,β-unsaturated/α-hetero) is 1. The predicted octanol–water partition coefficient (Wildman–Crippen LogP) is 0.727. The molecular weight excluding hydrogens is 314 g/mol. The molecule has 1 saturated heterocycles. The molecule has 24 heavy (non-hydrogen) atoms. The molecular formula is C17H25NO6. The van der Waals surface area contributed by atoms with E-state index in [1.54, 1.807) is 13.8 Å². The van der Waals surface area contributed by atoms with Crippen LogP contribution in [-0.4, -0.2) is 40.4 Å². The zero-order chi connectivity index (χ0) is 18.1. The molecule has 1 heterocycles. The van der Waals surface area contributed by atoms with Crippen LogP contribution in [0.25, 0.3) is 0 Å². The summed E-state index contributed by atoms with van der Waals surface area (Å²) >= 11 is 0. The average Bonchev–Trinajstić information content (AvgIpc) is 2.40. The summed E-state index contributed by atoms with van der Waals surface area (Å²) in [5.74, 6) is -2.42. The van der Waals surface area contributed by atoms with E-state index in [9.17, 15) is 24.3 Å². The number of nitrogens with one attached hydrogen (secondary N) is 1. The van der Waals surface area contributed by atoms with Gasteiger partial charge in [-0.3, -0.25) is 24.5 Å². The molecule has 2 N–H and O–H groups in total. The van der Waals surface area contributed by atoms with Gasteiger partial charge < -0.3 is 9.84 Å². The molecule has 0 bridgehead atoms. The Morgan fingerprint density at radius 2 is 1.88 bits per heavy atom. The van der Waals surface area contributed by atoms with E-state index in [4.69, 9.17) is 4.74 Å². The zero-order valence-electron chi connectivity index (χ0n) is 14.3. The quantitative estimate of drug-likeness (QED) is 0.577. The van der Waals surface area contributed by atoms with Crippen molar-refractivity contribution in [1.29, 1.82) is 0 Å². The van der Waals surface area contributed by atoms with Gasteiger partial charge in [0.25, 0.3) is 0 Å². The number of aliphatic hydroxyl groups excluding tert-OH is 1. The highest BCUT2D eigenvalue weighted by Crippen LogP contribution is 2.39. The molecule has 2 aliphatic rings. The monoisotopic (exact) mass is 339 g/mol. The van der Waals surface area contributed by atoms with Gasteiger partial charge in [0.1, 0.15) is 11.4 Å². The van der Waals surface area contributed by atoms with Crippen molar-refractivity contribution in [1.82, 2.24) is 5.32 Å². The van der Waals surface area contributed by atoms with Crippen molar-refractivity contribution in [2.45, 2.75) is 64.6 Å². The van der Waals surface area contributed by atoms with Crippen LogP contribution in [0, 0.1) is 17.8 Å². The standard InChI is InChI=1S/C17H25NO6/c1-9-7-17(3,24-10(2)19)8-12(16(9)23)13(20)4-11-5-14(21)18-15(22)6-11/h9,11-13,20H,4-8H2,1-3H3,(H,18,21,22)/t9-,12+,13+,17+/m0/s1. The van der Waals surface area contributed by atoms with E-state index < -0.39 is 23.6 Å². The van der Waals surface area contributed by atoms with E-state index in [1.165, 1.54) is 6.92 Å². The third-order valence-corrected chi connectivity index (χ3v) is 4.90. The van der Waals surface area contributed by atoms with Crippen molar-refractivity contribution in [3.63, 3.8) is 0 Å². The van der Waals surface area contributed by atoms with Gasteiger partial charge in [0.2, 0.25) is 11.8 Å². The molecule has 134 valence electrons. The fourth-order valence-electron chi connectivity index (χ4n) is 4.05. The summed E-state index contributed by atoms with van der Waals surface area (Å²) in [6.07, 6.45) is 0.265. The fraction of sp³-hybridized carbons (Fsp3) is 0.765. The molecule has 4 atom stereocenters. The second-order valence-corrected chi connectivity index (χ2v) is 7.41. The van der Waals surface area contributed by atoms with Gasteiger partial charge in [0.15, 0.2) is 0 Å². The summed E-state index contributed by atoms with van der Waals surface area (Å²) < 4.78 is 5.38. The largest absolute Gasteiger partial charge is 0.460 e. The Morgan fingerprint density at radius 1 is 1.29 bits per heavy atom. The Kier molecular flexibility index (Phi) is 5.42. The number of aliphatic hydroxyl groups is 1. The Labute approximate surface area is 141 Å². The number of piperidine rings is 1. The number of rotatable bonds is 4. The van der Waals surface area contributed by atoms with Crippen LogP contribution in [0.5, 0.6) is 0 Å². The molecule has 0 aromatic carbocycles. The lowest BCUT2D eigenvalue weighted by Crippen LogP contribution is -2.49. The van der Waals surface area contributed by atoms with Gasteiger partial charge in [-0.15, -0.1) is 0 Å². The second kappa shape index (κ2) is 7.01. The van der Waals surface area contributed by atoms with Crippen LogP contribution in [0.4, 0.5) is 0 Å². The molecule has 2 amide bonds. The SMILES string of the molecule is CC(=O)O[C@]1(C)C[C@H](C)C(=O)[C@@H]([C@H](O)CC2CC(=O)NC(=O)C2)C1. The lowest BCUT2D eigenvalue weighted by Gasteiger charge is -2.41. The summed E-state index contributed by atoms with van der Waals surface area (Å²) in [6, 6.07) is 0. The number of carbonyl (C=O) groups excluding carboxylic acids is 4. The first-order valence-corrected chi connectivity index (χ1v) is 8.33. The van der Waals surface area contributed by atoms with E-state index in [0.717, 1.165) is 0 Å². The van der Waals surface area contributed by atoms with Gasteiger partial charge >= 0.3 is 5.97 Å². The number of hydrogen-bond donors (Lipinski definition) is 2. The second-order valence-electron chi connectivity index (χ2n) is 7.41. The normalized spacial score (nSPS) is 33.1. The lowest BCUT2D eigenvalue weighted by atomic mass is 9.69. The van der Waals surface area contributed by atoms with Crippen molar-refractivity contribution in [2.24, 2.45) is 17.8 Å². The van der Waals surface area contributed by atoms with Crippen molar-refractivity contribution < 1.29 is 29.0 Å². The van der Waals surface area contributed by atoms with Crippen molar-refractivity contribution >= 4 is 23.6 Å². The van der Waals surface area contributed by atoms with Crippen LogP contribution < -0.4 is 5.32 Å². The number of amides is 2. The first-order valence-electron chi connectivity index (χ1n) is 8.33. The summed E-state index contributed by atoms with van der Waals surface area (Å²) in [4.78, 5) is 46.7. The van der Waals surface area contributed by atoms with Gasteiger partial charge in [-0.2, -0.15) is 0 Å². The molecule has 0 radical (unpaired) electrons. The minimum atomic E-state index is -0.959. The fourth-order valence-corrected chi connectivity index (χ4v) is 4.05. The highest BCUT2D eigenvalue weighted by atomic mass is 16.6. The maximum atomic E-state index is 12.5. The van der Waals surface area contributed by atoms with E-state index in [0.29, 0.717) is 6.42 Å². The predicted molar refractivity (Wildman–Crippen MR) is 83.6 cm³/mol. The summed E-state index contributed by atoms with van der Waals surface area (Å²) in [5, 5.41) is 12.8. The van der Waals surface area contributed by atoms with E-state index in [2.05, 4.69) is 5.32 Å². The van der Waals surface area contributed by atoms with Crippen molar-refractivity contribution in [2.75, 3.05) is 0 Å². The number of ketones is 1. The van der Waals surface area contributed by atoms with Crippen LogP contribution in [0.15, 0.2) is 0 Å². The zero-order valence-corrected chi connectivity index (χ0v) is 14.3. The minimum Gasteiger partial charge on any atom is -0.460 e. The van der Waals surface area contributed by atoms with Crippen molar-refractivity contribution in [3.05, 3.63) is 0 Å². The maximum absolute atomic E-state index is 12.5. The smallest absolute Gasteiger partial charge is 0.303 e. The molecule has 1 aliphatic heterocycles. The Hall–Kier alpha value is -1.76. The van der Waals surface area contributed by atoms with Gasteiger partial charge in [-0.05, 0) is 32.1 Å². The molecule has 2 fully saturated rings. The van der Waals surface area contributed by atoms with E-state index in [-0.39, 0.29) is 55.1 Å². The number of imide groups is 1. The molecule has 0 spiro atoms. The van der Waals surface area contributed by atoms with E-state index in [1.807, 2.05) is 0 Å². The Bertz CT molecular complexity index is 543. The highest BCUT2D eigenvalue weighted by molar-refractivity contribution is 5.97. The minimum absolute atomic E-state index is 0.0567. The number of carbonyl (C=O) groups is 4. The first kappa shape index (κ1) is 18.6. The van der Waals surface area contributed by atoms with Crippen LogP contribution in [0.3, 0.4) is 0 Å². The van der Waals surface area contributed by atoms with E-state index >= 15 is 0 Å². The third kappa shape index (κ3) is 4.41. The van der Waals surface area contributed by atoms with Gasteiger partial charge in [-0.1, -0.05) is 6.92 Å². The molecule has 0 unspecified atom stereocenters. The van der Waals surface area contributed by atoms with Crippen molar-refractivity contribution in [3.8, 4) is 0 Å². The third-order valence-electron chi connectivity index (χ3n) is 4.90. The lowest BCUT2D eigenvalue weighted by molar-refractivity contribution is -0.169. The van der Waals surface area contributed by atoms with Gasteiger partial charge in [0.05, 0.1) is 6.10 Å². The Balaban J connectivity index is 2.07. The molecule has 2 rings (SSSR count). The van der Waals surface area contributed by atoms with Crippen LogP contribution >= 0.6 is 0 Å². The van der Waals surface area contributed by atoms with Crippen LogP contribution in [0.2, 0.25) is 0 Å². The molecule has 0 aromatic rings. The maximum Gasteiger partial charge on any atom is 0.303 e. The number of hydrogen-bond acceptors (Lipinski definition) is 6. The average molecular weight is 339 g/mol. The van der Waals surface area contributed by atoms with Gasteiger partial charge in [-0.25, -0.2) is 0 Å². The van der Waals surface area contributed by atoms with Crippen LogP contribution in [0.1, 0.15) is 52.9 Å². The molecule has 7 nitrogen and oxygen atoms in total. The molecule has 7 heteroatoms. The molecule has 0 aromatic heterocycles. The molecule has 1 aliphatic carbocycles. The molecule has 1 saturated carbocycles. The summed E-state index contributed by atoms with van der Waals surface area (Å²) in [7, 11) is 0. The van der Waals surface area contributed by atoms with Gasteiger partial charge in [0, 0.05) is 31.6 Å². The summed E-state index contributed by atoms with van der Waals surface area (Å²) in [5.41, 5.74) is -0.787. The van der Waals surface area contributed by atoms with Crippen LogP contribution in [-0.2, 0) is 23.9 Å². The summed E-state index contributed by atoms with van der Waals surface area (Å²) in [6.45, 7) is 4.86. The number of ether oxygens (including phenoxy) is 1. The topological polar surface area (TPSA) is 110 Å². The number of esters is 1.